The molecule has 1 aromatic carbocycles. The van der Waals surface area contributed by atoms with Crippen LogP contribution in [-0.2, 0) is 9.59 Å². The minimum absolute atomic E-state index is 0.00637. The maximum Gasteiger partial charge on any atom is 0.324 e. The Labute approximate surface area is 185 Å². The highest BCUT2D eigenvalue weighted by Gasteiger charge is 2.45. The monoisotopic (exact) mass is 440 g/mol. The molecule has 3 heterocycles. The van der Waals surface area contributed by atoms with Crippen LogP contribution in [0.1, 0.15) is 38.5 Å². The summed E-state index contributed by atoms with van der Waals surface area (Å²) in [6.45, 7) is 1.17. The molecule has 5 rings (SSSR count). The number of aromatic amines is 1. The average molecular weight is 441 g/mol. The third-order valence-electron chi connectivity index (χ3n) is 6.93. The highest BCUT2D eigenvalue weighted by atomic mass is 32.2. The fraction of sp³-hybridized carbons (Fsp3) is 0.522. The third kappa shape index (κ3) is 3.93. The average Bonchev–Trinajstić information content (AvgIpc) is 3.21. The topological polar surface area (TPSA) is 85.5 Å². The van der Waals surface area contributed by atoms with Crippen LogP contribution >= 0.6 is 11.8 Å². The maximum atomic E-state index is 13.0. The van der Waals surface area contributed by atoms with Crippen molar-refractivity contribution in [3.63, 3.8) is 0 Å². The van der Waals surface area contributed by atoms with Gasteiger partial charge >= 0.3 is 6.03 Å². The summed E-state index contributed by atoms with van der Waals surface area (Å²) in [5, 5.41) is 4.19. The number of carbonyl (C=O) groups excluding carboxylic acids is 3. The largest absolute Gasteiger partial charge is 0.360 e. The number of fused-ring (bicyclic) bond motifs is 2. The van der Waals surface area contributed by atoms with Gasteiger partial charge in [-0.2, -0.15) is 0 Å². The molecule has 3 aliphatic rings. The Morgan fingerprint density at radius 1 is 1.06 bits per heavy atom. The molecule has 1 aromatic heterocycles. The van der Waals surface area contributed by atoms with Crippen LogP contribution in [0.4, 0.5) is 4.79 Å². The van der Waals surface area contributed by atoms with Crippen LogP contribution in [0.3, 0.4) is 0 Å². The van der Waals surface area contributed by atoms with Gasteiger partial charge in [-0.05, 0) is 31.7 Å². The van der Waals surface area contributed by atoms with Crippen molar-refractivity contribution in [2.24, 2.45) is 5.92 Å². The Bertz CT molecular complexity index is 998. The van der Waals surface area contributed by atoms with Crippen LogP contribution in [0, 0.1) is 5.92 Å². The first-order chi connectivity index (χ1) is 15.1. The SMILES string of the molecule is O=C(CSc1c[nH]c2ccccc12)N1CCC(N2C(=O)NC3CCCCC3C2=O)CC1. The summed E-state index contributed by atoms with van der Waals surface area (Å²) < 4.78 is 0. The molecule has 2 atom stereocenters. The van der Waals surface area contributed by atoms with E-state index in [1.54, 1.807) is 11.8 Å². The predicted molar refractivity (Wildman–Crippen MR) is 120 cm³/mol. The summed E-state index contributed by atoms with van der Waals surface area (Å²) in [6, 6.07) is 7.73. The van der Waals surface area contributed by atoms with Crippen LogP contribution in [-0.4, -0.2) is 63.6 Å². The molecule has 2 aliphatic heterocycles. The van der Waals surface area contributed by atoms with Crippen LogP contribution in [0.15, 0.2) is 35.4 Å². The second-order valence-electron chi connectivity index (χ2n) is 8.75. The Hall–Kier alpha value is -2.48. The number of urea groups is 1. The van der Waals surface area contributed by atoms with Crippen molar-refractivity contribution in [3.05, 3.63) is 30.5 Å². The van der Waals surface area contributed by atoms with Crippen molar-refractivity contribution in [1.82, 2.24) is 20.1 Å². The number of H-pyrrole nitrogens is 1. The minimum atomic E-state index is -0.243. The van der Waals surface area contributed by atoms with Crippen LogP contribution in [0.25, 0.3) is 10.9 Å². The summed E-state index contributed by atoms with van der Waals surface area (Å²) >= 11 is 1.55. The summed E-state index contributed by atoms with van der Waals surface area (Å²) in [5.41, 5.74) is 1.07. The second-order valence-corrected chi connectivity index (χ2v) is 9.77. The number of nitrogens with one attached hydrogen (secondary N) is 2. The number of amides is 4. The molecule has 0 spiro atoms. The van der Waals surface area contributed by atoms with Crippen molar-refractivity contribution < 1.29 is 14.4 Å². The highest BCUT2D eigenvalue weighted by molar-refractivity contribution is 8.00. The number of para-hydroxylation sites is 1. The number of nitrogens with zero attached hydrogens (tertiary/aromatic N) is 2. The smallest absolute Gasteiger partial charge is 0.324 e. The molecule has 1 saturated carbocycles. The summed E-state index contributed by atoms with van der Waals surface area (Å²) in [5.74, 6) is 0.418. The molecule has 7 nitrogen and oxygen atoms in total. The van der Waals surface area contributed by atoms with E-state index in [9.17, 15) is 14.4 Å². The molecule has 3 fully saturated rings. The number of carbonyl (C=O) groups is 3. The molecule has 2 N–H and O–H groups in total. The van der Waals surface area contributed by atoms with E-state index in [4.69, 9.17) is 0 Å². The van der Waals surface area contributed by atoms with E-state index >= 15 is 0 Å². The number of likely N-dealkylation sites (tertiary alicyclic amines) is 1. The molecular weight excluding hydrogens is 412 g/mol. The first-order valence-corrected chi connectivity index (χ1v) is 12.2. The summed E-state index contributed by atoms with van der Waals surface area (Å²) in [4.78, 5) is 46.0. The van der Waals surface area contributed by atoms with Gasteiger partial charge < -0.3 is 15.2 Å². The van der Waals surface area contributed by atoms with Gasteiger partial charge in [0.15, 0.2) is 0 Å². The van der Waals surface area contributed by atoms with E-state index in [0.29, 0.717) is 31.7 Å². The van der Waals surface area contributed by atoms with Gasteiger partial charge in [0.05, 0.1) is 11.7 Å². The fourth-order valence-corrected chi connectivity index (χ4v) is 6.16. The van der Waals surface area contributed by atoms with Gasteiger partial charge in [-0.25, -0.2) is 4.79 Å². The second kappa shape index (κ2) is 8.57. The van der Waals surface area contributed by atoms with Crippen molar-refractivity contribution in [2.75, 3.05) is 18.8 Å². The number of hydrogen-bond acceptors (Lipinski definition) is 4. The lowest BCUT2D eigenvalue weighted by atomic mass is 9.81. The molecule has 2 unspecified atom stereocenters. The molecule has 2 saturated heterocycles. The van der Waals surface area contributed by atoms with Crippen molar-refractivity contribution in [3.8, 4) is 0 Å². The standard InChI is InChI=1S/C23H28N4O3S/c28-21(14-31-20-13-24-18-7-3-1-5-16(18)20)26-11-9-15(10-12-26)27-22(29)17-6-2-4-8-19(17)25-23(27)30/h1,3,5,7,13,15,17,19,24H,2,4,6,8-12,14H2,(H,25,30). The van der Waals surface area contributed by atoms with E-state index in [2.05, 4.69) is 16.4 Å². The molecule has 4 amide bonds. The Kier molecular flexibility index (Phi) is 5.65. The van der Waals surface area contributed by atoms with E-state index < -0.39 is 0 Å². The number of imide groups is 1. The van der Waals surface area contributed by atoms with Gasteiger partial charge in [0.25, 0.3) is 0 Å². The van der Waals surface area contributed by atoms with Crippen LogP contribution < -0.4 is 5.32 Å². The lowest BCUT2D eigenvalue weighted by Gasteiger charge is -2.44. The summed E-state index contributed by atoms with van der Waals surface area (Å²) in [6.07, 6.45) is 7.15. The zero-order valence-electron chi connectivity index (χ0n) is 17.5. The number of hydrogen-bond donors (Lipinski definition) is 2. The van der Waals surface area contributed by atoms with Gasteiger partial charge in [0, 0.05) is 47.2 Å². The lowest BCUT2D eigenvalue weighted by Crippen LogP contribution is -2.64. The van der Waals surface area contributed by atoms with Crippen molar-refractivity contribution >= 4 is 40.5 Å². The van der Waals surface area contributed by atoms with E-state index in [0.717, 1.165) is 41.5 Å². The minimum Gasteiger partial charge on any atom is -0.360 e. The van der Waals surface area contributed by atoms with Gasteiger partial charge in [0.1, 0.15) is 0 Å². The number of piperidine rings is 1. The van der Waals surface area contributed by atoms with Gasteiger partial charge in [-0.1, -0.05) is 31.0 Å². The molecule has 2 aromatic rings. The number of aromatic nitrogens is 1. The zero-order valence-corrected chi connectivity index (χ0v) is 18.3. The Balaban J connectivity index is 1.16. The number of rotatable bonds is 4. The Morgan fingerprint density at radius 3 is 2.68 bits per heavy atom. The molecule has 0 bridgehead atoms. The highest BCUT2D eigenvalue weighted by Crippen LogP contribution is 2.32. The first kappa shape index (κ1) is 20.4. The number of benzene rings is 1. The lowest BCUT2D eigenvalue weighted by molar-refractivity contribution is -0.139. The van der Waals surface area contributed by atoms with Crippen LogP contribution in [0.5, 0.6) is 0 Å². The summed E-state index contributed by atoms with van der Waals surface area (Å²) in [7, 11) is 0. The third-order valence-corrected chi connectivity index (χ3v) is 7.97. The zero-order chi connectivity index (χ0) is 21.4. The molecule has 164 valence electrons. The molecule has 31 heavy (non-hydrogen) atoms. The van der Waals surface area contributed by atoms with Gasteiger partial charge in [0.2, 0.25) is 11.8 Å². The van der Waals surface area contributed by atoms with Gasteiger partial charge in [-0.3, -0.25) is 14.5 Å². The number of thioether (sulfide) groups is 1. The quantitative estimate of drug-likeness (QED) is 0.714. The molecule has 1 aliphatic carbocycles. The van der Waals surface area contributed by atoms with Crippen molar-refractivity contribution in [2.45, 2.75) is 55.5 Å². The van der Waals surface area contributed by atoms with Gasteiger partial charge in [-0.15, -0.1) is 11.8 Å². The normalized spacial score (nSPS) is 24.9. The van der Waals surface area contributed by atoms with E-state index in [-0.39, 0.29) is 35.8 Å². The van der Waals surface area contributed by atoms with Crippen LogP contribution in [0.2, 0.25) is 0 Å². The fourth-order valence-electron chi connectivity index (χ4n) is 5.22. The Morgan fingerprint density at radius 2 is 1.84 bits per heavy atom. The van der Waals surface area contributed by atoms with E-state index in [1.807, 2.05) is 29.3 Å². The van der Waals surface area contributed by atoms with Crippen molar-refractivity contribution in [1.29, 1.82) is 0 Å². The maximum absolute atomic E-state index is 13.0. The molecule has 0 radical (unpaired) electrons. The molecule has 8 heteroatoms. The van der Waals surface area contributed by atoms with E-state index in [1.165, 1.54) is 4.90 Å². The first-order valence-electron chi connectivity index (χ1n) is 11.2. The molecular formula is C23H28N4O3S. The predicted octanol–water partition coefficient (Wildman–Crippen LogP) is 3.36.